The van der Waals surface area contributed by atoms with E-state index in [4.69, 9.17) is 4.74 Å². The van der Waals surface area contributed by atoms with E-state index >= 15 is 0 Å². The Bertz CT molecular complexity index is 793. The zero-order valence-corrected chi connectivity index (χ0v) is 16.7. The molecule has 1 saturated heterocycles. The van der Waals surface area contributed by atoms with Crippen molar-refractivity contribution in [3.8, 4) is 0 Å². The fourth-order valence-electron chi connectivity index (χ4n) is 2.58. The number of hydrogen-bond donors (Lipinski definition) is 1. The lowest BCUT2D eigenvalue weighted by Crippen LogP contribution is -2.14. The van der Waals surface area contributed by atoms with E-state index in [2.05, 4.69) is 5.32 Å². The van der Waals surface area contributed by atoms with Crippen LogP contribution in [0.15, 0.2) is 24.3 Å². The normalized spacial score (nSPS) is 14.5. The molecule has 3 rings (SSSR count). The molecule has 1 fully saturated rings. The summed E-state index contributed by atoms with van der Waals surface area (Å²) < 4.78 is 5.31. The number of methoxy groups -OCH3 is 1. The highest BCUT2D eigenvalue weighted by molar-refractivity contribution is 8.19. The van der Waals surface area contributed by atoms with Crippen molar-refractivity contribution >= 4 is 51.7 Å². The fourth-order valence-corrected chi connectivity index (χ4v) is 6.48. The number of thiophene rings is 1. The van der Waals surface area contributed by atoms with Gasteiger partial charge in [0, 0.05) is 21.9 Å². The van der Waals surface area contributed by atoms with E-state index in [1.807, 2.05) is 61.6 Å². The zero-order valence-electron chi connectivity index (χ0n) is 14.3. The van der Waals surface area contributed by atoms with Gasteiger partial charge in [-0.25, -0.2) is 4.79 Å². The first-order chi connectivity index (χ1) is 12.0. The van der Waals surface area contributed by atoms with Gasteiger partial charge in [0.15, 0.2) is 0 Å². The van der Waals surface area contributed by atoms with Crippen molar-refractivity contribution in [2.75, 3.05) is 23.9 Å². The molecule has 0 bridgehead atoms. The van der Waals surface area contributed by atoms with Crippen LogP contribution in [0.1, 0.15) is 41.3 Å². The second-order valence-corrected chi connectivity index (χ2v) is 9.58. The second kappa shape index (κ2) is 7.85. The fraction of sp³-hybridized carbons (Fsp3) is 0.333. The van der Waals surface area contributed by atoms with Gasteiger partial charge in [0.25, 0.3) is 5.91 Å². The van der Waals surface area contributed by atoms with Gasteiger partial charge in [-0.05, 0) is 37.1 Å². The lowest BCUT2D eigenvalue weighted by atomic mass is 10.1. The molecule has 4 nitrogen and oxygen atoms in total. The molecule has 2 heterocycles. The lowest BCUT2D eigenvalue weighted by molar-refractivity contribution is 0.0601. The Kier molecular flexibility index (Phi) is 5.76. The third-order valence-corrected chi connectivity index (χ3v) is 8.30. The second-order valence-electron chi connectivity index (χ2n) is 5.63. The van der Waals surface area contributed by atoms with Gasteiger partial charge in [-0.1, -0.05) is 12.1 Å². The standard InChI is InChI=1S/C18H19NO3S3/c1-10-11(2)25-16(14(10)17(21)22-3)19-15(20)12-4-6-13(7-5-12)18-23-8-9-24-18/h4-7,18H,8-9H2,1-3H3,(H,19,20). The van der Waals surface area contributed by atoms with Gasteiger partial charge in [-0.15, -0.1) is 34.9 Å². The Morgan fingerprint density at radius 3 is 2.36 bits per heavy atom. The summed E-state index contributed by atoms with van der Waals surface area (Å²) in [5.41, 5.74) is 3.10. The SMILES string of the molecule is COC(=O)c1c(NC(=O)c2ccc(C3SCCS3)cc2)sc(C)c1C. The van der Waals surface area contributed by atoms with Gasteiger partial charge in [-0.2, -0.15) is 0 Å². The number of ether oxygens (including phenoxy) is 1. The number of carbonyl (C=O) groups excluding carboxylic acids is 2. The number of rotatable bonds is 4. The van der Waals surface area contributed by atoms with Crippen LogP contribution in [0.25, 0.3) is 0 Å². The Balaban J connectivity index is 1.78. The third-order valence-electron chi connectivity index (χ3n) is 4.07. The summed E-state index contributed by atoms with van der Waals surface area (Å²) in [4.78, 5) is 25.6. The van der Waals surface area contributed by atoms with Crippen molar-refractivity contribution in [2.45, 2.75) is 18.4 Å². The molecule has 1 N–H and O–H groups in total. The van der Waals surface area contributed by atoms with Gasteiger partial charge in [0.05, 0.1) is 17.3 Å². The van der Waals surface area contributed by atoms with Crippen LogP contribution in [0.5, 0.6) is 0 Å². The molecule has 132 valence electrons. The van der Waals surface area contributed by atoms with Crippen molar-refractivity contribution in [3.63, 3.8) is 0 Å². The summed E-state index contributed by atoms with van der Waals surface area (Å²) in [5.74, 6) is 1.70. The minimum atomic E-state index is -0.428. The number of thioether (sulfide) groups is 2. The number of nitrogens with one attached hydrogen (secondary N) is 1. The first-order valence-corrected chi connectivity index (χ1v) is 10.8. The first-order valence-electron chi connectivity index (χ1n) is 7.84. The minimum Gasteiger partial charge on any atom is -0.465 e. The van der Waals surface area contributed by atoms with Crippen LogP contribution in [0, 0.1) is 13.8 Å². The van der Waals surface area contributed by atoms with E-state index in [9.17, 15) is 9.59 Å². The largest absolute Gasteiger partial charge is 0.465 e. The number of esters is 1. The molecule has 0 radical (unpaired) electrons. The van der Waals surface area contributed by atoms with Crippen LogP contribution in [0.4, 0.5) is 5.00 Å². The average Bonchev–Trinajstić information content (AvgIpc) is 3.24. The molecule has 0 aliphatic carbocycles. The van der Waals surface area contributed by atoms with Crippen LogP contribution in [-0.4, -0.2) is 30.5 Å². The number of carbonyl (C=O) groups is 2. The molecule has 25 heavy (non-hydrogen) atoms. The molecule has 0 saturated carbocycles. The van der Waals surface area contributed by atoms with Crippen molar-refractivity contribution in [1.82, 2.24) is 0 Å². The summed E-state index contributed by atoms with van der Waals surface area (Å²) in [7, 11) is 1.35. The maximum atomic E-state index is 12.6. The van der Waals surface area contributed by atoms with E-state index < -0.39 is 5.97 Å². The number of hydrogen-bond acceptors (Lipinski definition) is 6. The Labute approximate surface area is 159 Å². The van der Waals surface area contributed by atoms with Crippen LogP contribution in [0.3, 0.4) is 0 Å². The maximum absolute atomic E-state index is 12.6. The number of aryl methyl sites for hydroxylation is 1. The molecule has 1 aliphatic heterocycles. The first kappa shape index (κ1) is 18.4. The van der Waals surface area contributed by atoms with E-state index in [-0.39, 0.29) is 5.91 Å². The van der Waals surface area contributed by atoms with Crippen molar-refractivity contribution in [2.24, 2.45) is 0 Å². The van der Waals surface area contributed by atoms with E-state index in [0.717, 1.165) is 10.4 Å². The summed E-state index contributed by atoms with van der Waals surface area (Å²) >= 11 is 5.27. The predicted octanol–water partition coefficient (Wildman–Crippen LogP) is 4.88. The van der Waals surface area contributed by atoms with E-state index in [0.29, 0.717) is 20.7 Å². The van der Waals surface area contributed by atoms with Gasteiger partial charge in [0.1, 0.15) is 5.00 Å². The minimum absolute atomic E-state index is 0.218. The molecule has 7 heteroatoms. The van der Waals surface area contributed by atoms with Gasteiger partial charge >= 0.3 is 5.97 Å². The summed E-state index contributed by atoms with van der Waals surface area (Å²) in [5, 5.41) is 3.40. The Morgan fingerprint density at radius 2 is 1.76 bits per heavy atom. The zero-order chi connectivity index (χ0) is 18.0. The van der Waals surface area contributed by atoms with Crippen molar-refractivity contribution in [1.29, 1.82) is 0 Å². The van der Waals surface area contributed by atoms with Crippen LogP contribution >= 0.6 is 34.9 Å². The molecular weight excluding hydrogens is 374 g/mol. The van der Waals surface area contributed by atoms with Gasteiger partial charge in [0.2, 0.25) is 0 Å². The highest BCUT2D eigenvalue weighted by Gasteiger charge is 2.22. The molecular formula is C18H19NO3S3. The van der Waals surface area contributed by atoms with E-state index in [1.165, 1.54) is 35.5 Å². The van der Waals surface area contributed by atoms with Crippen LogP contribution < -0.4 is 5.32 Å². The molecule has 0 atom stereocenters. The number of anilines is 1. The Morgan fingerprint density at radius 1 is 1.12 bits per heavy atom. The molecule has 0 unspecified atom stereocenters. The van der Waals surface area contributed by atoms with Gasteiger partial charge < -0.3 is 10.1 Å². The lowest BCUT2D eigenvalue weighted by Gasteiger charge is -2.10. The smallest absolute Gasteiger partial charge is 0.341 e. The maximum Gasteiger partial charge on any atom is 0.341 e. The van der Waals surface area contributed by atoms with E-state index in [1.54, 1.807) is 0 Å². The summed E-state index contributed by atoms with van der Waals surface area (Å²) in [6.07, 6.45) is 0. The quantitative estimate of drug-likeness (QED) is 0.750. The molecule has 0 spiro atoms. The van der Waals surface area contributed by atoms with Crippen LogP contribution in [0.2, 0.25) is 0 Å². The molecule has 1 amide bonds. The van der Waals surface area contributed by atoms with Crippen molar-refractivity contribution < 1.29 is 14.3 Å². The average molecular weight is 394 g/mol. The van der Waals surface area contributed by atoms with Crippen LogP contribution in [-0.2, 0) is 4.74 Å². The molecule has 2 aromatic rings. The highest BCUT2D eigenvalue weighted by Crippen LogP contribution is 2.45. The predicted molar refractivity (Wildman–Crippen MR) is 107 cm³/mol. The van der Waals surface area contributed by atoms with Crippen molar-refractivity contribution in [3.05, 3.63) is 51.4 Å². The molecule has 1 aromatic carbocycles. The summed E-state index contributed by atoms with van der Waals surface area (Å²) in [6.45, 7) is 3.79. The molecule has 1 aromatic heterocycles. The monoisotopic (exact) mass is 393 g/mol. The summed E-state index contributed by atoms with van der Waals surface area (Å²) in [6, 6.07) is 7.71. The molecule has 1 aliphatic rings. The Hall–Kier alpha value is -1.44. The third kappa shape index (κ3) is 3.88. The number of benzene rings is 1. The number of amides is 1. The van der Waals surface area contributed by atoms with Gasteiger partial charge in [-0.3, -0.25) is 4.79 Å². The topological polar surface area (TPSA) is 55.4 Å². The highest BCUT2D eigenvalue weighted by atomic mass is 32.2.